The van der Waals surface area contributed by atoms with E-state index in [1.807, 2.05) is 43.3 Å². The van der Waals surface area contributed by atoms with Crippen molar-refractivity contribution >= 4 is 5.91 Å². The second-order valence-electron chi connectivity index (χ2n) is 4.72. The normalized spacial score (nSPS) is 10.9. The summed E-state index contributed by atoms with van der Waals surface area (Å²) in [5.74, 6) is -0.371. The van der Waals surface area contributed by atoms with Crippen LogP contribution in [0.5, 0.6) is 0 Å². The smallest absolute Gasteiger partial charge is 0.250 e. The molecule has 0 aliphatic heterocycles. The monoisotopic (exact) mass is 242 g/mol. The minimum absolute atomic E-state index is 0.285. The molecule has 2 rings (SSSR count). The van der Waals surface area contributed by atoms with Crippen molar-refractivity contribution in [2.45, 2.75) is 26.8 Å². The van der Waals surface area contributed by atoms with E-state index in [0.717, 1.165) is 17.0 Å². The number of nitrogens with zero attached hydrogens (tertiary/aromatic N) is 1. The molecule has 0 spiro atoms. The van der Waals surface area contributed by atoms with Gasteiger partial charge in [-0.15, -0.1) is 0 Å². The topological polar surface area (TPSA) is 48.0 Å². The van der Waals surface area contributed by atoms with Gasteiger partial charge in [0.15, 0.2) is 0 Å². The summed E-state index contributed by atoms with van der Waals surface area (Å²) >= 11 is 0. The molecule has 2 N–H and O–H groups in total. The van der Waals surface area contributed by atoms with E-state index in [9.17, 15) is 4.79 Å². The summed E-state index contributed by atoms with van der Waals surface area (Å²) in [6.07, 6.45) is 0. The van der Waals surface area contributed by atoms with Gasteiger partial charge < -0.3 is 10.3 Å². The van der Waals surface area contributed by atoms with Gasteiger partial charge in [0, 0.05) is 17.4 Å². The van der Waals surface area contributed by atoms with Crippen molar-refractivity contribution < 1.29 is 4.79 Å². The number of amides is 1. The quantitative estimate of drug-likeness (QED) is 0.883. The Bertz CT molecular complexity index is 568. The minimum Gasteiger partial charge on any atom is -0.366 e. The van der Waals surface area contributed by atoms with Crippen molar-refractivity contribution in [1.82, 2.24) is 4.57 Å². The Morgan fingerprint density at radius 3 is 2.33 bits per heavy atom. The predicted octanol–water partition coefficient (Wildman–Crippen LogP) is 3.14. The zero-order chi connectivity index (χ0) is 13.3. The first-order valence-corrected chi connectivity index (χ1v) is 6.09. The van der Waals surface area contributed by atoms with Crippen LogP contribution in [0.3, 0.4) is 0 Å². The van der Waals surface area contributed by atoms with Gasteiger partial charge in [-0.05, 0) is 32.4 Å². The molecule has 3 heteroatoms. The van der Waals surface area contributed by atoms with Crippen LogP contribution in [0.25, 0.3) is 11.3 Å². The summed E-state index contributed by atoms with van der Waals surface area (Å²) in [6.45, 7) is 6.14. The highest BCUT2D eigenvalue weighted by Crippen LogP contribution is 2.28. The molecule has 0 fully saturated rings. The van der Waals surface area contributed by atoms with Gasteiger partial charge in [-0.1, -0.05) is 30.3 Å². The Morgan fingerprint density at radius 1 is 1.22 bits per heavy atom. The molecule has 0 unspecified atom stereocenters. The first-order chi connectivity index (χ1) is 8.52. The molecule has 0 aliphatic carbocycles. The summed E-state index contributed by atoms with van der Waals surface area (Å²) < 4.78 is 2.15. The van der Waals surface area contributed by atoms with Crippen LogP contribution in [0, 0.1) is 6.92 Å². The van der Waals surface area contributed by atoms with Crippen molar-refractivity contribution in [2.24, 2.45) is 5.73 Å². The van der Waals surface area contributed by atoms with Gasteiger partial charge in [-0.2, -0.15) is 0 Å². The Balaban J connectivity index is 2.67. The van der Waals surface area contributed by atoms with E-state index in [0.29, 0.717) is 5.56 Å². The van der Waals surface area contributed by atoms with Crippen molar-refractivity contribution in [3.63, 3.8) is 0 Å². The van der Waals surface area contributed by atoms with Crippen LogP contribution >= 0.6 is 0 Å². The van der Waals surface area contributed by atoms with E-state index in [2.05, 4.69) is 18.4 Å². The number of carbonyl (C=O) groups is 1. The van der Waals surface area contributed by atoms with Crippen molar-refractivity contribution in [2.75, 3.05) is 0 Å². The van der Waals surface area contributed by atoms with E-state index in [1.54, 1.807) is 0 Å². The SMILES string of the molecule is Cc1c(C(N)=O)cc(-c2ccccc2)n1C(C)C. The fourth-order valence-electron chi connectivity index (χ4n) is 2.37. The van der Waals surface area contributed by atoms with Gasteiger partial charge in [0.2, 0.25) is 0 Å². The Kier molecular flexibility index (Phi) is 3.24. The molecule has 1 amide bonds. The predicted molar refractivity (Wildman–Crippen MR) is 73.5 cm³/mol. The lowest BCUT2D eigenvalue weighted by Crippen LogP contribution is -2.13. The van der Waals surface area contributed by atoms with Gasteiger partial charge in [0.25, 0.3) is 5.91 Å². The highest BCUT2D eigenvalue weighted by Gasteiger charge is 2.17. The molecule has 2 aromatic rings. The van der Waals surface area contributed by atoms with Crippen LogP contribution in [-0.2, 0) is 0 Å². The second-order valence-corrected chi connectivity index (χ2v) is 4.72. The number of hydrogen-bond acceptors (Lipinski definition) is 1. The van der Waals surface area contributed by atoms with E-state index in [1.165, 1.54) is 0 Å². The van der Waals surface area contributed by atoms with Crippen molar-refractivity contribution in [3.05, 3.63) is 47.7 Å². The van der Waals surface area contributed by atoms with E-state index >= 15 is 0 Å². The molecule has 0 saturated carbocycles. The number of nitrogens with two attached hydrogens (primary N) is 1. The molecular weight excluding hydrogens is 224 g/mol. The third-order valence-corrected chi connectivity index (χ3v) is 3.14. The molecule has 0 atom stereocenters. The van der Waals surface area contributed by atoms with Crippen LogP contribution in [0.4, 0.5) is 0 Å². The van der Waals surface area contributed by atoms with E-state index in [-0.39, 0.29) is 11.9 Å². The average molecular weight is 242 g/mol. The molecular formula is C15H18N2O. The largest absolute Gasteiger partial charge is 0.366 e. The molecule has 0 radical (unpaired) electrons. The lowest BCUT2D eigenvalue weighted by Gasteiger charge is -2.15. The molecule has 1 aromatic carbocycles. The van der Waals surface area contributed by atoms with Crippen LogP contribution in [0.15, 0.2) is 36.4 Å². The summed E-state index contributed by atoms with van der Waals surface area (Å²) in [4.78, 5) is 11.5. The highest BCUT2D eigenvalue weighted by atomic mass is 16.1. The van der Waals surface area contributed by atoms with Crippen LogP contribution in [0.1, 0.15) is 35.9 Å². The van der Waals surface area contributed by atoms with Gasteiger partial charge in [-0.25, -0.2) is 0 Å². The van der Waals surface area contributed by atoms with Crippen LogP contribution in [-0.4, -0.2) is 10.5 Å². The number of rotatable bonds is 3. The average Bonchev–Trinajstić information content (AvgIpc) is 2.68. The van der Waals surface area contributed by atoms with Gasteiger partial charge >= 0.3 is 0 Å². The number of hydrogen-bond donors (Lipinski definition) is 1. The Labute approximate surface area is 107 Å². The maximum Gasteiger partial charge on any atom is 0.250 e. The zero-order valence-electron chi connectivity index (χ0n) is 11.0. The first kappa shape index (κ1) is 12.4. The van der Waals surface area contributed by atoms with Crippen LogP contribution in [0.2, 0.25) is 0 Å². The molecule has 18 heavy (non-hydrogen) atoms. The number of benzene rings is 1. The highest BCUT2D eigenvalue weighted by molar-refractivity contribution is 5.95. The molecule has 0 aliphatic rings. The van der Waals surface area contributed by atoms with E-state index in [4.69, 9.17) is 5.73 Å². The fraction of sp³-hybridized carbons (Fsp3) is 0.267. The molecule has 0 bridgehead atoms. The van der Waals surface area contributed by atoms with Gasteiger partial charge in [-0.3, -0.25) is 4.79 Å². The third-order valence-electron chi connectivity index (χ3n) is 3.14. The molecule has 0 saturated heterocycles. The fourth-order valence-corrected chi connectivity index (χ4v) is 2.37. The Hall–Kier alpha value is -2.03. The molecule has 1 heterocycles. The third kappa shape index (κ3) is 2.04. The molecule has 94 valence electrons. The lowest BCUT2D eigenvalue weighted by molar-refractivity contribution is 0.0999. The second kappa shape index (κ2) is 4.69. The maximum absolute atomic E-state index is 11.5. The molecule has 1 aromatic heterocycles. The first-order valence-electron chi connectivity index (χ1n) is 6.09. The standard InChI is InChI=1S/C15H18N2O/c1-10(2)17-11(3)13(15(16)18)9-14(17)12-7-5-4-6-8-12/h4-10H,1-3H3,(H2,16,18). The lowest BCUT2D eigenvalue weighted by atomic mass is 10.1. The number of primary amides is 1. The summed E-state index contributed by atoms with van der Waals surface area (Å²) in [6, 6.07) is 12.2. The van der Waals surface area contributed by atoms with Gasteiger partial charge in [0.05, 0.1) is 5.56 Å². The summed E-state index contributed by atoms with van der Waals surface area (Å²) in [7, 11) is 0. The summed E-state index contributed by atoms with van der Waals surface area (Å²) in [5.41, 5.74) is 9.09. The number of carbonyl (C=O) groups excluding carboxylic acids is 1. The van der Waals surface area contributed by atoms with Crippen molar-refractivity contribution in [1.29, 1.82) is 0 Å². The molecule has 3 nitrogen and oxygen atoms in total. The Morgan fingerprint density at radius 2 is 1.83 bits per heavy atom. The number of aromatic nitrogens is 1. The summed E-state index contributed by atoms with van der Waals surface area (Å²) in [5, 5.41) is 0. The van der Waals surface area contributed by atoms with Gasteiger partial charge in [0.1, 0.15) is 0 Å². The maximum atomic E-state index is 11.5. The zero-order valence-corrected chi connectivity index (χ0v) is 11.0. The van der Waals surface area contributed by atoms with Crippen LogP contribution < -0.4 is 5.73 Å². The van der Waals surface area contributed by atoms with Crippen molar-refractivity contribution in [3.8, 4) is 11.3 Å². The van der Waals surface area contributed by atoms with E-state index < -0.39 is 0 Å². The minimum atomic E-state index is -0.371.